The van der Waals surface area contributed by atoms with Crippen LogP contribution in [0.4, 0.5) is 10.1 Å². The highest BCUT2D eigenvalue weighted by Crippen LogP contribution is 2.61. The van der Waals surface area contributed by atoms with Gasteiger partial charge in [-0.15, -0.1) is 0 Å². The summed E-state index contributed by atoms with van der Waals surface area (Å²) in [5, 5.41) is 6.88. The SMILES string of the molecule is Cc1ccc(CCn2cnc3cc(NC(=N[C@H]4C[C@H]5C[C@H]([C@H]4C)C5(C)C)N4CCNC(=O)C4)ccc3c2=O)c(F)c1. The molecule has 3 aromatic rings. The van der Waals surface area contributed by atoms with Crippen LogP contribution in [-0.2, 0) is 17.8 Å². The van der Waals surface area contributed by atoms with Gasteiger partial charge in [-0.05, 0) is 84.7 Å². The third-order valence-electron chi connectivity index (χ3n) is 9.85. The lowest BCUT2D eigenvalue weighted by atomic mass is 9.45. The van der Waals surface area contributed by atoms with Crippen LogP contribution in [-0.4, -0.2) is 52.0 Å². The number of halogens is 1. The molecule has 1 amide bonds. The number of piperazine rings is 1. The Morgan fingerprint density at radius 1 is 1.20 bits per heavy atom. The Morgan fingerprint density at radius 3 is 2.76 bits per heavy atom. The first-order valence-corrected chi connectivity index (χ1v) is 14.7. The van der Waals surface area contributed by atoms with Crippen molar-refractivity contribution in [3.8, 4) is 0 Å². The summed E-state index contributed by atoms with van der Waals surface area (Å²) >= 11 is 0. The average molecular weight is 559 g/mol. The van der Waals surface area contributed by atoms with Crippen LogP contribution in [0.2, 0.25) is 0 Å². The number of nitrogens with one attached hydrogen (secondary N) is 2. The molecule has 8 nitrogen and oxygen atoms in total. The van der Waals surface area contributed by atoms with Crippen molar-refractivity contribution in [1.82, 2.24) is 19.8 Å². The molecule has 0 radical (unpaired) electrons. The topological polar surface area (TPSA) is 91.6 Å². The summed E-state index contributed by atoms with van der Waals surface area (Å²) in [6, 6.07) is 10.8. The number of aromatic nitrogens is 2. The Bertz CT molecular complexity index is 1580. The minimum atomic E-state index is -0.255. The number of carbonyl (C=O) groups excluding carboxylic acids is 1. The van der Waals surface area contributed by atoms with Gasteiger partial charge in [0.1, 0.15) is 5.82 Å². The molecule has 9 heteroatoms. The summed E-state index contributed by atoms with van der Waals surface area (Å²) in [5.41, 5.74) is 2.99. The highest BCUT2D eigenvalue weighted by molar-refractivity contribution is 5.98. The smallest absolute Gasteiger partial charge is 0.261 e. The van der Waals surface area contributed by atoms with Gasteiger partial charge in [0.2, 0.25) is 5.91 Å². The fraction of sp³-hybridized carbons (Fsp3) is 0.500. The fourth-order valence-electron chi connectivity index (χ4n) is 7.08. The average Bonchev–Trinajstić information content (AvgIpc) is 2.94. The van der Waals surface area contributed by atoms with Crippen molar-refractivity contribution in [1.29, 1.82) is 0 Å². The first-order chi connectivity index (χ1) is 19.6. The molecule has 1 saturated heterocycles. The molecule has 3 saturated carbocycles. The third kappa shape index (κ3) is 5.22. The first kappa shape index (κ1) is 27.4. The second kappa shape index (κ2) is 10.6. The number of rotatable bonds is 5. The number of aryl methyl sites for hydroxylation is 3. The van der Waals surface area contributed by atoms with E-state index in [0.717, 1.165) is 17.7 Å². The predicted molar refractivity (Wildman–Crippen MR) is 159 cm³/mol. The van der Waals surface area contributed by atoms with Crippen molar-refractivity contribution in [2.45, 2.75) is 59.5 Å². The van der Waals surface area contributed by atoms with Gasteiger partial charge in [-0.3, -0.25) is 14.2 Å². The van der Waals surface area contributed by atoms with Crippen molar-refractivity contribution in [3.05, 3.63) is 70.0 Å². The van der Waals surface area contributed by atoms with E-state index in [-0.39, 0.29) is 29.9 Å². The van der Waals surface area contributed by atoms with Gasteiger partial charge in [-0.25, -0.2) is 14.4 Å². The number of amides is 1. The number of benzene rings is 2. The molecule has 2 aromatic carbocycles. The zero-order chi connectivity index (χ0) is 28.9. The van der Waals surface area contributed by atoms with Crippen molar-refractivity contribution in [2.24, 2.45) is 28.2 Å². The zero-order valence-electron chi connectivity index (χ0n) is 24.3. The van der Waals surface area contributed by atoms with Crippen LogP contribution in [0.1, 0.15) is 44.7 Å². The lowest BCUT2D eigenvalue weighted by molar-refractivity contribution is -0.122. The minimum Gasteiger partial charge on any atom is -0.353 e. The molecule has 4 aliphatic rings. The Hall–Kier alpha value is -3.75. The molecule has 4 fully saturated rings. The number of nitrogens with zero attached hydrogens (tertiary/aromatic N) is 4. The number of fused-ring (bicyclic) bond motifs is 3. The first-order valence-electron chi connectivity index (χ1n) is 14.7. The van der Waals surface area contributed by atoms with Gasteiger partial charge >= 0.3 is 0 Å². The number of carbonyl (C=O) groups is 1. The van der Waals surface area contributed by atoms with E-state index in [1.54, 1.807) is 12.1 Å². The van der Waals surface area contributed by atoms with E-state index in [9.17, 15) is 14.0 Å². The quantitative estimate of drug-likeness (QED) is 0.359. The van der Waals surface area contributed by atoms with Crippen LogP contribution in [0.5, 0.6) is 0 Å². The maximum absolute atomic E-state index is 14.3. The fourth-order valence-corrected chi connectivity index (χ4v) is 7.08. The van der Waals surface area contributed by atoms with Gasteiger partial charge in [0.25, 0.3) is 5.56 Å². The summed E-state index contributed by atoms with van der Waals surface area (Å²) in [4.78, 5) is 37.3. The Morgan fingerprint density at radius 2 is 2.02 bits per heavy atom. The van der Waals surface area contributed by atoms with Gasteiger partial charge in [-0.1, -0.05) is 32.9 Å². The zero-order valence-corrected chi connectivity index (χ0v) is 24.3. The number of hydrogen-bond acceptors (Lipinski definition) is 4. The molecule has 0 unspecified atom stereocenters. The number of hydrogen-bond donors (Lipinski definition) is 2. The van der Waals surface area contributed by atoms with E-state index in [4.69, 9.17) is 4.99 Å². The highest BCUT2D eigenvalue weighted by atomic mass is 19.1. The molecule has 2 heterocycles. The van der Waals surface area contributed by atoms with Gasteiger partial charge in [0.15, 0.2) is 5.96 Å². The number of guanidine groups is 1. The van der Waals surface area contributed by atoms with Crippen molar-refractivity contribution in [2.75, 3.05) is 25.0 Å². The van der Waals surface area contributed by atoms with Gasteiger partial charge in [0.05, 0.1) is 29.8 Å². The molecular weight excluding hydrogens is 519 g/mol. The maximum atomic E-state index is 14.3. The molecule has 3 aliphatic carbocycles. The van der Waals surface area contributed by atoms with Gasteiger partial charge < -0.3 is 15.5 Å². The second-order valence-corrected chi connectivity index (χ2v) is 12.7. The van der Waals surface area contributed by atoms with E-state index >= 15 is 0 Å². The summed E-state index contributed by atoms with van der Waals surface area (Å²) in [6.07, 6.45) is 4.27. The Labute approximate surface area is 240 Å². The highest BCUT2D eigenvalue weighted by Gasteiger charge is 2.56. The monoisotopic (exact) mass is 558 g/mol. The van der Waals surface area contributed by atoms with Crippen LogP contribution in [0.15, 0.2) is 52.5 Å². The van der Waals surface area contributed by atoms with Gasteiger partial charge in [0, 0.05) is 25.3 Å². The minimum absolute atomic E-state index is 0.0160. The van der Waals surface area contributed by atoms with E-state index in [2.05, 4.69) is 36.4 Å². The van der Waals surface area contributed by atoms with E-state index in [1.807, 2.05) is 30.0 Å². The maximum Gasteiger partial charge on any atom is 0.261 e. The van der Waals surface area contributed by atoms with Crippen LogP contribution >= 0.6 is 0 Å². The molecule has 2 bridgehead atoms. The van der Waals surface area contributed by atoms with Crippen LogP contribution in [0.25, 0.3) is 10.9 Å². The summed E-state index contributed by atoms with van der Waals surface area (Å²) in [7, 11) is 0. The molecule has 2 N–H and O–H groups in total. The number of aliphatic imine (C=N–C) groups is 1. The van der Waals surface area contributed by atoms with Crippen molar-refractivity contribution in [3.63, 3.8) is 0 Å². The molecule has 7 rings (SSSR count). The van der Waals surface area contributed by atoms with E-state index < -0.39 is 0 Å². The molecule has 41 heavy (non-hydrogen) atoms. The van der Waals surface area contributed by atoms with E-state index in [0.29, 0.717) is 71.6 Å². The summed E-state index contributed by atoms with van der Waals surface area (Å²) in [5.74, 6) is 2.24. The standard InChI is InChI=1S/C32H39FN6O2/c1-19-5-6-21(26(33)13-19)9-11-39-18-35-28-16-23(7-8-24(28)30(39)41)36-31(38-12-10-34-29(40)17-38)37-27-15-22-14-25(20(27)2)32(22,3)4/h5-8,13,16,18,20,22,25,27H,9-12,14-15,17H2,1-4H3,(H,34,40)(H,36,37)/t20-,22-,25-,27+/m1/s1. The molecule has 1 aliphatic heterocycles. The molecule has 1 aromatic heterocycles. The van der Waals surface area contributed by atoms with Gasteiger partial charge in [-0.2, -0.15) is 0 Å². The lowest BCUT2D eigenvalue weighted by Gasteiger charge is -2.61. The molecule has 0 spiro atoms. The Balaban J connectivity index is 1.24. The molecular formula is C32H39FN6O2. The van der Waals surface area contributed by atoms with Crippen LogP contribution in [0, 0.1) is 35.9 Å². The molecule has 4 atom stereocenters. The van der Waals surface area contributed by atoms with Crippen molar-refractivity contribution < 1.29 is 9.18 Å². The van der Waals surface area contributed by atoms with Crippen LogP contribution in [0.3, 0.4) is 0 Å². The van der Waals surface area contributed by atoms with Crippen LogP contribution < -0.4 is 16.2 Å². The summed E-state index contributed by atoms with van der Waals surface area (Å²) in [6.45, 7) is 10.8. The third-order valence-corrected chi connectivity index (χ3v) is 9.85. The normalized spacial score (nSPS) is 25.5. The number of anilines is 1. The van der Waals surface area contributed by atoms with Crippen molar-refractivity contribution >= 4 is 28.5 Å². The summed E-state index contributed by atoms with van der Waals surface area (Å²) < 4.78 is 15.8. The second-order valence-electron chi connectivity index (χ2n) is 12.7. The predicted octanol–water partition coefficient (Wildman–Crippen LogP) is 4.36. The van der Waals surface area contributed by atoms with E-state index in [1.165, 1.54) is 23.4 Å². The molecule has 216 valence electrons. The Kier molecular flexibility index (Phi) is 7.08. The largest absolute Gasteiger partial charge is 0.353 e. The lowest BCUT2D eigenvalue weighted by Crippen LogP contribution is -2.57.